The molecule has 0 saturated heterocycles. The zero-order chi connectivity index (χ0) is 16.3. The van der Waals surface area contributed by atoms with Gasteiger partial charge in [0.2, 0.25) is 15.9 Å². The molecule has 0 aliphatic heterocycles. The van der Waals surface area contributed by atoms with E-state index in [0.717, 1.165) is 5.01 Å². The number of carbonyl (C=O) groups excluding carboxylic acids is 1. The van der Waals surface area contributed by atoms with Crippen LogP contribution in [0.15, 0.2) is 34.5 Å². The van der Waals surface area contributed by atoms with Crippen molar-refractivity contribution in [2.24, 2.45) is 0 Å². The van der Waals surface area contributed by atoms with Crippen LogP contribution < -0.4 is 10.0 Å². The summed E-state index contributed by atoms with van der Waals surface area (Å²) < 4.78 is 27.3. The molecule has 0 radical (unpaired) electrons. The van der Waals surface area contributed by atoms with Crippen LogP contribution >= 0.6 is 11.3 Å². The molecule has 2 aromatic rings. The highest BCUT2D eigenvalue weighted by Crippen LogP contribution is 2.20. The van der Waals surface area contributed by atoms with Gasteiger partial charge in [0.15, 0.2) is 0 Å². The average Bonchev–Trinajstić information content (AvgIpc) is 2.85. The first-order valence-electron chi connectivity index (χ1n) is 6.60. The molecular weight excluding hydrogens is 322 g/mol. The van der Waals surface area contributed by atoms with Gasteiger partial charge in [-0.15, -0.1) is 11.3 Å². The highest BCUT2D eigenvalue weighted by Gasteiger charge is 2.19. The number of nitrogens with one attached hydrogen (secondary N) is 2. The fraction of sp³-hybridized carbons (Fsp3) is 0.286. The van der Waals surface area contributed by atoms with Gasteiger partial charge in [-0.2, -0.15) is 0 Å². The number of amides is 1. The number of aromatic nitrogens is 1. The summed E-state index contributed by atoms with van der Waals surface area (Å²) in [5, 5.41) is 5.32. The highest BCUT2D eigenvalue weighted by molar-refractivity contribution is 7.89. The minimum Gasteiger partial charge on any atom is -0.326 e. The van der Waals surface area contributed by atoms with Crippen molar-refractivity contribution < 1.29 is 13.2 Å². The number of aryl methyl sites for hydroxylation is 1. The molecule has 0 fully saturated rings. The van der Waals surface area contributed by atoms with E-state index >= 15 is 0 Å². The minimum atomic E-state index is -3.64. The van der Waals surface area contributed by atoms with E-state index in [-0.39, 0.29) is 10.8 Å². The summed E-state index contributed by atoms with van der Waals surface area (Å²) in [7, 11) is -3.64. The van der Waals surface area contributed by atoms with E-state index < -0.39 is 16.1 Å². The second-order valence-electron chi connectivity index (χ2n) is 4.84. The van der Waals surface area contributed by atoms with Crippen molar-refractivity contribution in [1.29, 1.82) is 0 Å². The average molecular weight is 339 g/mol. The maximum atomic E-state index is 12.3. The van der Waals surface area contributed by atoms with Crippen LogP contribution in [0.2, 0.25) is 0 Å². The van der Waals surface area contributed by atoms with Gasteiger partial charge in [0, 0.05) is 18.0 Å². The summed E-state index contributed by atoms with van der Waals surface area (Å²) in [5.74, 6) is -0.207. The van der Waals surface area contributed by atoms with E-state index in [9.17, 15) is 13.2 Å². The van der Waals surface area contributed by atoms with Crippen LogP contribution in [-0.4, -0.2) is 19.3 Å². The number of thiazole rings is 1. The second-order valence-corrected chi connectivity index (χ2v) is 7.62. The van der Waals surface area contributed by atoms with Crippen molar-refractivity contribution >= 4 is 33.0 Å². The zero-order valence-electron chi connectivity index (χ0n) is 12.5. The molecule has 1 atom stereocenters. The lowest BCUT2D eigenvalue weighted by atomic mass is 10.3. The number of benzene rings is 1. The Balaban J connectivity index is 2.14. The Morgan fingerprint density at radius 1 is 1.27 bits per heavy atom. The highest BCUT2D eigenvalue weighted by atomic mass is 32.2. The molecule has 0 bridgehead atoms. The van der Waals surface area contributed by atoms with E-state index in [2.05, 4.69) is 15.0 Å². The van der Waals surface area contributed by atoms with Gasteiger partial charge in [-0.1, -0.05) is 0 Å². The van der Waals surface area contributed by atoms with Gasteiger partial charge >= 0.3 is 0 Å². The third-order valence-corrected chi connectivity index (χ3v) is 5.25. The molecule has 1 heterocycles. The molecule has 2 N–H and O–H groups in total. The maximum Gasteiger partial charge on any atom is 0.241 e. The first-order valence-corrected chi connectivity index (χ1v) is 8.96. The van der Waals surface area contributed by atoms with Crippen LogP contribution in [0.4, 0.5) is 5.69 Å². The molecular formula is C14H17N3O3S2. The summed E-state index contributed by atoms with van der Waals surface area (Å²) in [4.78, 5) is 15.4. The number of hydrogen-bond donors (Lipinski definition) is 2. The predicted molar refractivity (Wildman–Crippen MR) is 86.3 cm³/mol. The second kappa shape index (κ2) is 6.55. The SMILES string of the molecule is CC(=O)Nc1ccc(S(=O)(=O)NC(C)c2csc(C)n2)cc1. The van der Waals surface area contributed by atoms with Crippen LogP contribution in [0.1, 0.15) is 30.6 Å². The van der Waals surface area contributed by atoms with Crippen LogP contribution in [0.5, 0.6) is 0 Å². The molecule has 118 valence electrons. The fourth-order valence-electron chi connectivity index (χ4n) is 1.86. The van der Waals surface area contributed by atoms with E-state index in [1.54, 1.807) is 19.1 Å². The number of sulfonamides is 1. The minimum absolute atomic E-state index is 0.139. The molecule has 6 nitrogen and oxygen atoms in total. The summed E-state index contributed by atoms with van der Waals surface area (Å²) in [6.45, 7) is 5.01. The smallest absolute Gasteiger partial charge is 0.241 e. The van der Waals surface area contributed by atoms with Crippen LogP contribution in [-0.2, 0) is 14.8 Å². The Hall–Kier alpha value is -1.77. The quantitative estimate of drug-likeness (QED) is 0.876. The monoisotopic (exact) mass is 339 g/mol. The van der Waals surface area contributed by atoms with Crippen LogP contribution in [0, 0.1) is 6.92 Å². The molecule has 1 aromatic carbocycles. The Morgan fingerprint density at radius 3 is 2.41 bits per heavy atom. The lowest BCUT2D eigenvalue weighted by molar-refractivity contribution is -0.114. The van der Waals surface area contributed by atoms with Crippen molar-refractivity contribution in [3.63, 3.8) is 0 Å². The van der Waals surface area contributed by atoms with Crippen molar-refractivity contribution in [2.75, 3.05) is 5.32 Å². The molecule has 0 saturated carbocycles. The molecule has 8 heteroatoms. The summed E-state index contributed by atoms with van der Waals surface area (Å²) in [6, 6.07) is 5.59. The third-order valence-electron chi connectivity index (χ3n) is 2.90. The van der Waals surface area contributed by atoms with E-state index in [0.29, 0.717) is 11.4 Å². The zero-order valence-corrected chi connectivity index (χ0v) is 14.1. The molecule has 1 aromatic heterocycles. The van der Waals surface area contributed by atoms with Gasteiger partial charge in [0.25, 0.3) is 0 Å². The normalized spacial score (nSPS) is 12.9. The number of carbonyl (C=O) groups is 1. The molecule has 1 unspecified atom stereocenters. The van der Waals surface area contributed by atoms with Gasteiger partial charge in [-0.3, -0.25) is 4.79 Å². The Kier molecular flexibility index (Phi) is 4.94. The molecule has 1 amide bonds. The van der Waals surface area contributed by atoms with E-state index in [1.807, 2.05) is 12.3 Å². The van der Waals surface area contributed by atoms with Gasteiger partial charge in [-0.05, 0) is 38.1 Å². The van der Waals surface area contributed by atoms with Crippen molar-refractivity contribution in [3.05, 3.63) is 40.3 Å². The predicted octanol–water partition coefficient (Wildman–Crippen LogP) is 2.45. The Morgan fingerprint density at radius 2 is 1.91 bits per heavy atom. The summed E-state index contributed by atoms with van der Waals surface area (Å²) >= 11 is 1.48. The van der Waals surface area contributed by atoms with E-state index in [4.69, 9.17) is 0 Å². The number of nitrogens with zero attached hydrogens (tertiary/aromatic N) is 1. The van der Waals surface area contributed by atoms with Gasteiger partial charge in [-0.25, -0.2) is 18.1 Å². The fourth-order valence-corrected chi connectivity index (χ4v) is 3.78. The molecule has 0 aliphatic carbocycles. The summed E-state index contributed by atoms with van der Waals surface area (Å²) in [5.41, 5.74) is 1.25. The first kappa shape index (κ1) is 16.6. The molecule has 22 heavy (non-hydrogen) atoms. The molecule has 0 spiro atoms. The Labute approximate surface area is 133 Å². The van der Waals surface area contributed by atoms with Gasteiger partial charge in [0.05, 0.1) is 21.6 Å². The van der Waals surface area contributed by atoms with Crippen molar-refractivity contribution in [3.8, 4) is 0 Å². The third kappa shape index (κ3) is 4.12. The number of rotatable bonds is 5. The maximum absolute atomic E-state index is 12.3. The van der Waals surface area contributed by atoms with Gasteiger partial charge < -0.3 is 5.32 Å². The number of anilines is 1. The van der Waals surface area contributed by atoms with Crippen LogP contribution in [0.25, 0.3) is 0 Å². The van der Waals surface area contributed by atoms with Crippen LogP contribution in [0.3, 0.4) is 0 Å². The largest absolute Gasteiger partial charge is 0.326 e. The Bertz CT molecular complexity index is 767. The topological polar surface area (TPSA) is 88.2 Å². The molecule has 2 rings (SSSR count). The first-order chi connectivity index (χ1) is 10.3. The molecule has 0 aliphatic rings. The summed E-state index contributed by atoms with van der Waals surface area (Å²) in [6.07, 6.45) is 0. The van der Waals surface area contributed by atoms with E-state index in [1.165, 1.54) is 30.4 Å². The number of hydrogen-bond acceptors (Lipinski definition) is 5. The van der Waals surface area contributed by atoms with Crippen molar-refractivity contribution in [2.45, 2.75) is 31.7 Å². The lowest BCUT2D eigenvalue weighted by Crippen LogP contribution is -2.27. The standard InChI is InChI=1S/C14H17N3O3S2/c1-9(14-8-21-11(3)16-14)17-22(19,20)13-6-4-12(5-7-13)15-10(2)18/h4-9,17H,1-3H3,(H,15,18). The van der Waals surface area contributed by atoms with Crippen molar-refractivity contribution in [1.82, 2.24) is 9.71 Å². The lowest BCUT2D eigenvalue weighted by Gasteiger charge is -2.12. The van der Waals surface area contributed by atoms with Gasteiger partial charge in [0.1, 0.15) is 0 Å².